The molecular weight excluding hydrogens is 224 g/mol. The highest BCUT2D eigenvalue weighted by molar-refractivity contribution is 7.11. The molecule has 0 bridgehead atoms. The number of aliphatic carboxylic acids is 1. The molecule has 0 spiro atoms. The molecule has 2 heterocycles. The summed E-state index contributed by atoms with van der Waals surface area (Å²) < 4.78 is 0. The van der Waals surface area contributed by atoms with Crippen molar-refractivity contribution in [1.82, 2.24) is 9.88 Å². The van der Waals surface area contributed by atoms with E-state index < -0.39 is 5.97 Å². The van der Waals surface area contributed by atoms with Crippen LogP contribution >= 0.6 is 11.3 Å². The predicted octanol–water partition coefficient (Wildman–Crippen LogP) is 1.54. The van der Waals surface area contributed by atoms with Crippen molar-refractivity contribution in [1.29, 1.82) is 0 Å². The molecule has 0 amide bonds. The van der Waals surface area contributed by atoms with Crippen LogP contribution in [0.15, 0.2) is 0 Å². The Balaban J connectivity index is 1.97. The average molecular weight is 240 g/mol. The number of hydrogen-bond donors (Lipinski definition) is 1. The first-order chi connectivity index (χ1) is 7.69. The number of fused-ring (bicyclic) bond motifs is 1. The molecule has 0 radical (unpaired) electrons. The number of carboxylic acid groups (broad SMARTS) is 1. The van der Waals surface area contributed by atoms with Gasteiger partial charge in [-0.25, -0.2) is 4.98 Å². The minimum Gasteiger partial charge on any atom is -0.481 e. The topological polar surface area (TPSA) is 53.4 Å². The maximum absolute atomic E-state index is 10.5. The zero-order valence-corrected chi connectivity index (χ0v) is 10.2. The van der Waals surface area contributed by atoms with E-state index in [4.69, 9.17) is 5.11 Å². The molecule has 1 N–H and O–H groups in total. The van der Waals surface area contributed by atoms with E-state index in [0.29, 0.717) is 6.54 Å². The first-order valence-corrected chi connectivity index (χ1v) is 6.42. The number of carboxylic acids is 1. The van der Waals surface area contributed by atoms with Gasteiger partial charge in [-0.05, 0) is 6.42 Å². The Morgan fingerprint density at radius 2 is 2.44 bits per heavy atom. The maximum Gasteiger partial charge on any atom is 0.304 e. The summed E-state index contributed by atoms with van der Waals surface area (Å²) in [5.41, 5.74) is 1.23. The molecule has 88 valence electrons. The van der Waals surface area contributed by atoms with Crippen LogP contribution in [0.5, 0.6) is 0 Å². The summed E-state index contributed by atoms with van der Waals surface area (Å²) in [4.78, 5) is 18.6. The van der Waals surface area contributed by atoms with E-state index in [0.717, 1.165) is 25.9 Å². The maximum atomic E-state index is 10.5. The number of carbonyl (C=O) groups is 1. The summed E-state index contributed by atoms with van der Waals surface area (Å²) in [5.74, 6) is -0.718. The van der Waals surface area contributed by atoms with E-state index >= 15 is 0 Å². The Bertz CT molecular complexity index is 389. The van der Waals surface area contributed by atoms with Crippen LogP contribution in [-0.4, -0.2) is 34.0 Å². The van der Waals surface area contributed by atoms with Gasteiger partial charge in [0.25, 0.3) is 0 Å². The fourth-order valence-corrected chi connectivity index (χ4v) is 2.99. The Labute approximate surface area is 98.9 Å². The first-order valence-electron chi connectivity index (χ1n) is 5.60. The number of nitrogens with zero attached hydrogens (tertiary/aromatic N) is 2. The lowest BCUT2D eigenvalue weighted by Gasteiger charge is -2.24. The highest BCUT2D eigenvalue weighted by atomic mass is 32.1. The predicted molar refractivity (Wildman–Crippen MR) is 62.7 cm³/mol. The van der Waals surface area contributed by atoms with Crippen molar-refractivity contribution in [2.45, 2.75) is 32.7 Å². The molecule has 1 aromatic heterocycles. The van der Waals surface area contributed by atoms with Gasteiger partial charge in [0.05, 0.1) is 17.1 Å². The van der Waals surface area contributed by atoms with Crippen molar-refractivity contribution in [3.05, 3.63) is 15.6 Å². The fourth-order valence-electron chi connectivity index (χ4n) is 1.90. The Kier molecular flexibility index (Phi) is 3.56. The number of aryl methyl sites for hydroxylation is 1. The van der Waals surface area contributed by atoms with Crippen LogP contribution in [0.2, 0.25) is 0 Å². The molecule has 2 rings (SSSR count). The standard InChI is InChI=1S/C11H16N2O2S/c1-2-10-12-8-3-5-13(6-4-11(14)15)7-9(8)16-10/h2-7H2,1H3,(H,14,15). The van der Waals surface area contributed by atoms with Gasteiger partial charge in [-0.3, -0.25) is 9.69 Å². The van der Waals surface area contributed by atoms with Crippen LogP contribution in [0, 0.1) is 0 Å². The molecule has 0 saturated carbocycles. The van der Waals surface area contributed by atoms with E-state index in [2.05, 4.69) is 16.8 Å². The van der Waals surface area contributed by atoms with Gasteiger partial charge >= 0.3 is 5.97 Å². The van der Waals surface area contributed by atoms with Gasteiger partial charge in [0.15, 0.2) is 0 Å². The molecule has 0 atom stereocenters. The molecule has 5 heteroatoms. The summed E-state index contributed by atoms with van der Waals surface area (Å²) in [6, 6.07) is 0. The van der Waals surface area contributed by atoms with Gasteiger partial charge in [0.1, 0.15) is 0 Å². The summed E-state index contributed by atoms with van der Waals surface area (Å²) in [7, 11) is 0. The van der Waals surface area contributed by atoms with Crippen molar-refractivity contribution in [3.8, 4) is 0 Å². The Morgan fingerprint density at radius 3 is 3.12 bits per heavy atom. The molecule has 0 aliphatic carbocycles. The number of aromatic nitrogens is 1. The third kappa shape index (κ3) is 2.59. The highest BCUT2D eigenvalue weighted by Gasteiger charge is 2.20. The van der Waals surface area contributed by atoms with Gasteiger partial charge in [-0.2, -0.15) is 0 Å². The molecule has 4 nitrogen and oxygen atoms in total. The van der Waals surface area contributed by atoms with Crippen molar-refractivity contribution in [3.63, 3.8) is 0 Å². The molecule has 0 fully saturated rings. The first kappa shape index (κ1) is 11.5. The minimum absolute atomic E-state index is 0.231. The van der Waals surface area contributed by atoms with Gasteiger partial charge < -0.3 is 5.11 Å². The summed E-state index contributed by atoms with van der Waals surface area (Å²) in [5, 5.41) is 9.84. The molecule has 0 unspecified atom stereocenters. The lowest BCUT2D eigenvalue weighted by atomic mass is 10.1. The van der Waals surface area contributed by atoms with E-state index in [1.54, 1.807) is 11.3 Å². The van der Waals surface area contributed by atoms with E-state index in [9.17, 15) is 4.79 Å². The van der Waals surface area contributed by atoms with Crippen LogP contribution in [0.25, 0.3) is 0 Å². The molecule has 16 heavy (non-hydrogen) atoms. The molecule has 1 aromatic rings. The number of thiazole rings is 1. The monoisotopic (exact) mass is 240 g/mol. The van der Waals surface area contributed by atoms with E-state index in [1.165, 1.54) is 15.6 Å². The van der Waals surface area contributed by atoms with Crippen molar-refractivity contribution >= 4 is 17.3 Å². The van der Waals surface area contributed by atoms with Crippen molar-refractivity contribution < 1.29 is 9.90 Å². The molecule has 0 saturated heterocycles. The van der Waals surface area contributed by atoms with Crippen LogP contribution in [0.3, 0.4) is 0 Å². The smallest absolute Gasteiger partial charge is 0.304 e. The minimum atomic E-state index is -0.718. The second-order valence-electron chi connectivity index (χ2n) is 4.00. The second kappa shape index (κ2) is 4.93. The zero-order chi connectivity index (χ0) is 11.5. The fraction of sp³-hybridized carbons (Fsp3) is 0.636. The lowest BCUT2D eigenvalue weighted by Crippen LogP contribution is -2.31. The normalized spacial score (nSPS) is 16.1. The number of rotatable bonds is 4. The van der Waals surface area contributed by atoms with Crippen LogP contribution in [0.4, 0.5) is 0 Å². The molecule has 1 aliphatic rings. The van der Waals surface area contributed by atoms with E-state index in [1.807, 2.05) is 0 Å². The Hall–Kier alpha value is -0.940. The third-order valence-corrected chi connectivity index (χ3v) is 4.03. The van der Waals surface area contributed by atoms with Crippen LogP contribution < -0.4 is 0 Å². The second-order valence-corrected chi connectivity index (χ2v) is 5.17. The third-order valence-electron chi connectivity index (χ3n) is 2.80. The van der Waals surface area contributed by atoms with Gasteiger partial charge in [-0.15, -0.1) is 11.3 Å². The lowest BCUT2D eigenvalue weighted by molar-refractivity contribution is -0.137. The molecule has 0 aromatic carbocycles. The molecular formula is C11H16N2O2S. The van der Waals surface area contributed by atoms with Crippen LogP contribution in [-0.2, 0) is 24.2 Å². The summed E-state index contributed by atoms with van der Waals surface area (Å²) in [6.07, 6.45) is 2.19. The SMILES string of the molecule is CCc1nc2c(s1)CN(CCC(=O)O)CC2. The highest BCUT2D eigenvalue weighted by Crippen LogP contribution is 2.25. The number of hydrogen-bond acceptors (Lipinski definition) is 4. The summed E-state index contributed by atoms with van der Waals surface area (Å²) >= 11 is 1.77. The van der Waals surface area contributed by atoms with Gasteiger partial charge in [-0.1, -0.05) is 6.92 Å². The largest absolute Gasteiger partial charge is 0.481 e. The van der Waals surface area contributed by atoms with Crippen molar-refractivity contribution in [2.75, 3.05) is 13.1 Å². The summed E-state index contributed by atoms with van der Waals surface area (Å²) in [6.45, 7) is 4.58. The van der Waals surface area contributed by atoms with Gasteiger partial charge in [0, 0.05) is 30.9 Å². The average Bonchev–Trinajstić information content (AvgIpc) is 2.68. The zero-order valence-electron chi connectivity index (χ0n) is 9.40. The van der Waals surface area contributed by atoms with E-state index in [-0.39, 0.29) is 6.42 Å². The molecule has 1 aliphatic heterocycles. The Morgan fingerprint density at radius 1 is 1.62 bits per heavy atom. The quantitative estimate of drug-likeness (QED) is 0.867. The van der Waals surface area contributed by atoms with Crippen LogP contribution in [0.1, 0.15) is 28.9 Å². The van der Waals surface area contributed by atoms with Crippen molar-refractivity contribution in [2.24, 2.45) is 0 Å². The van der Waals surface area contributed by atoms with Gasteiger partial charge in [0.2, 0.25) is 0 Å².